The van der Waals surface area contributed by atoms with Crippen LogP contribution in [0.15, 0.2) is 66.3 Å². The predicted molar refractivity (Wildman–Crippen MR) is 83.3 cm³/mol. The number of nitriles is 1. The summed E-state index contributed by atoms with van der Waals surface area (Å²) in [5.41, 5.74) is 0.849. The number of nitrogens with zero attached hydrogens (tertiary/aromatic N) is 2. The number of hydrogen-bond donors (Lipinski definition) is 2. The highest BCUT2D eigenvalue weighted by Gasteiger charge is 2.45. The third-order valence-electron chi connectivity index (χ3n) is 3.80. The number of pyridine rings is 1. The summed E-state index contributed by atoms with van der Waals surface area (Å²) in [4.78, 5) is 12.5. The van der Waals surface area contributed by atoms with E-state index in [0.717, 1.165) is 5.56 Å². The summed E-state index contributed by atoms with van der Waals surface area (Å²) < 4.78 is 1.72. The Balaban J connectivity index is 2.18. The van der Waals surface area contributed by atoms with E-state index < -0.39 is 17.8 Å². The van der Waals surface area contributed by atoms with Crippen LogP contribution in [0.2, 0.25) is 5.02 Å². The molecule has 3 rings (SSSR count). The van der Waals surface area contributed by atoms with Crippen LogP contribution in [0.4, 0.5) is 0 Å². The van der Waals surface area contributed by atoms with E-state index in [1.165, 1.54) is 0 Å². The molecule has 0 bridgehead atoms. The van der Waals surface area contributed by atoms with Gasteiger partial charge in [0.05, 0.1) is 5.92 Å². The van der Waals surface area contributed by atoms with Crippen molar-refractivity contribution in [1.82, 2.24) is 5.32 Å². The van der Waals surface area contributed by atoms with Crippen molar-refractivity contribution in [2.45, 2.75) is 12.0 Å². The number of rotatable bonds is 2. The van der Waals surface area contributed by atoms with Gasteiger partial charge >= 0.3 is 0 Å². The van der Waals surface area contributed by atoms with Gasteiger partial charge in [-0.05, 0) is 17.7 Å². The van der Waals surface area contributed by atoms with Crippen molar-refractivity contribution in [2.24, 2.45) is 0 Å². The average molecular weight is 327 g/mol. The van der Waals surface area contributed by atoms with Gasteiger partial charge in [0.15, 0.2) is 12.4 Å². The number of allylic oxidation sites excluding steroid dienone is 1. The van der Waals surface area contributed by atoms with E-state index in [-0.39, 0.29) is 11.5 Å². The summed E-state index contributed by atoms with van der Waals surface area (Å²) in [5, 5.41) is 22.4. The minimum absolute atomic E-state index is 0.119. The lowest BCUT2D eigenvalue weighted by atomic mass is 9.82. The molecule has 1 aromatic heterocycles. The standard InChI is InChI=1S/C17H12ClN3O2/c18-12-6-4-11(5-7-12)14-13(10-19)16(22)20-17(23)15(14)21-8-2-1-3-9-21/h1-9,14-15H,(H-,20,22,23)/p+1. The Bertz CT molecular complexity index is 810. The van der Waals surface area contributed by atoms with Gasteiger partial charge in [0, 0.05) is 17.2 Å². The lowest BCUT2D eigenvalue weighted by Crippen LogP contribution is -2.53. The molecule has 2 unspecified atom stereocenters. The molecule has 1 amide bonds. The molecule has 1 aromatic carbocycles. The highest BCUT2D eigenvalue weighted by molar-refractivity contribution is 6.30. The highest BCUT2D eigenvalue weighted by atomic mass is 35.5. The largest absolute Gasteiger partial charge is 0.494 e. The normalized spacial score (nSPS) is 20.8. The first-order valence-corrected chi connectivity index (χ1v) is 7.35. The van der Waals surface area contributed by atoms with Gasteiger partial charge in [-0.1, -0.05) is 29.8 Å². The minimum Gasteiger partial charge on any atom is -0.494 e. The number of carbonyl (C=O) groups is 1. The lowest BCUT2D eigenvalue weighted by molar-refractivity contribution is -0.711. The molecule has 23 heavy (non-hydrogen) atoms. The van der Waals surface area contributed by atoms with Crippen molar-refractivity contribution in [3.05, 3.63) is 76.9 Å². The van der Waals surface area contributed by atoms with Crippen LogP contribution in [-0.2, 0) is 4.79 Å². The molecule has 2 heterocycles. The van der Waals surface area contributed by atoms with Gasteiger partial charge in [-0.2, -0.15) is 9.83 Å². The molecule has 114 valence electrons. The molecule has 0 saturated carbocycles. The Morgan fingerprint density at radius 1 is 1.17 bits per heavy atom. The van der Waals surface area contributed by atoms with Crippen molar-refractivity contribution in [3.8, 4) is 6.07 Å². The maximum atomic E-state index is 12.5. The molecule has 0 saturated heterocycles. The van der Waals surface area contributed by atoms with Crippen molar-refractivity contribution in [2.75, 3.05) is 0 Å². The number of aliphatic hydroxyl groups is 1. The van der Waals surface area contributed by atoms with Gasteiger partial charge in [-0.15, -0.1) is 0 Å². The first-order chi connectivity index (χ1) is 11.1. The van der Waals surface area contributed by atoms with E-state index >= 15 is 0 Å². The molecule has 0 spiro atoms. The maximum Gasteiger partial charge on any atom is 0.296 e. The van der Waals surface area contributed by atoms with Crippen LogP contribution in [0.5, 0.6) is 0 Å². The zero-order chi connectivity index (χ0) is 16.4. The number of hydrogen-bond acceptors (Lipinski definition) is 3. The fraction of sp³-hybridized carbons (Fsp3) is 0.118. The molecule has 2 atom stereocenters. The number of aliphatic hydroxyl groups excluding tert-OH is 1. The zero-order valence-corrected chi connectivity index (χ0v) is 12.7. The van der Waals surface area contributed by atoms with Crippen molar-refractivity contribution in [3.63, 3.8) is 0 Å². The Kier molecular flexibility index (Phi) is 4.00. The van der Waals surface area contributed by atoms with Gasteiger partial charge in [-0.3, -0.25) is 10.1 Å². The topological polar surface area (TPSA) is 77.0 Å². The average Bonchev–Trinajstić information content (AvgIpc) is 2.56. The molecule has 0 radical (unpaired) electrons. The summed E-state index contributed by atoms with van der Waals surface area (Å²) in [5.74, 6) is -1.37. The number of halogens is 1. The fourth-order valence-electron chi connectivity index (χ4n) is 2.76. The van der Waals surface area contributed by atoms with Crippen LogP contribution in [-0.4, -0.2) is 11.0 Å². The SMILES string of the molecule is N#CC1=C(O)NC(=O)C([n+]2ccccc2)C1c1ccc(Cl)cc1. The predicted octanol–water partition coefficient (Wildman–Crippen LogP) is 2.38. The number of amides is 1. The fourth-order valence-corrected chi connectivity index (χ4v) is 2.89. The van der Waals surface area contributed by atoms with Gasteiger partial charge < -0.3 is 5.11 Å². The van der Waals surface area contributed by atoms with Crippen molar-refractivity contribution >= 4 is 17.5 Å². The van der Waals surface area contributed by atoms with Crippen LogP contribution in [0.3, 0.4) is 0 Å². The van der Waals surface area contributed by atoms with E-state index in [1.807, 2.05) is 12.1 Å². The van der Waals surface area contributed by atoms with Gasteiger partial charge in [0.1, 0.15) is 11.6 Å². The Hall–Kier alpha value is -2.84. The summed E-state index contributed by atoms with van der Waals surface area (Å²) in [6.45, 7) is 0. The third-order valence-corrected chi connectivity index (χ3v) is 4.05. The zero-order valence-electron chi connectivity index (χ0n) is 12.0. The van der Waals surface area contributed by atoms with Gasteiger partial charge in [-0.25, -0.2) is 0 Å². The Labute approximate surface area is 138 Å². The number of aromatic nitrogens is 1. The third kappa shape index (κ3) is 2.77. The van der Waals surface area contributed by atoms with Crippen molar-refractivity contribution in [1.29, 1.82) is 5.26 Å². The number of benzene rings is 1. The molecule has 5 nitrogen and oxygen atoms in total. The minimum atomic E-state index is -0.678. The summed E-state index contributed by atoms with van der Waals surface area (Å²) in [6, 6.07) is 13.7. The Morgan fingerprint density at radius 2 is 1.83 bits per heavy atom. The molecule has 2 N–H and O–H groups in total. The van der Waals surface area contributed by atoms with Crippen molar-refractivity contribution < 1.29 is 14.5 Å². The van der Waals surface area contributed by atoms with Gasteiger partial charge in [0.2, 0.25) is 11.9 Å². The first-order valence-electron chi connectivity index (χ1n) is 6.97. The molecule has 1 aliphatic rings. The molecule has 1 aliphatic heterocycles. The van der Waals surface area contributed by atoms with E-state index in [4.69, 9.17) is 11.6 Å². The van der Waals surface area contributed by atoms with Crippen LogP contribution in [0.1, 0.15) is 17.5 Å². The van der Waals surface area contributed by atoms with Crippen LogP contribution >= 0.6 is 11.6 Å². The molecule has 0 aliphatic carbocycles. The second-order valence-electron chi connectivity index (χ2n) is 5.16. The highest BCUT2D eigenvalue weighted by Crippen LogP contribution is 2.36. The van der Waals surface area contributed by atoms with Crippen LogP contribution in [0, 0.1) is 11.3 Å². The quantitative estimate of drug-likeness (QED) is 0.832. The molecule has 6 heteroatoms. The molecular formula is C17H13ClN3O2+. The number of nitrogens with one attached hydrogen (secondary N) is 1. The van der Waals surface area contributed by atoms with E-state index in [1.54, 1.807) is 53.4 Å². The van der Waals surface area contributed by atoms with Crippen LogP contribution < -0.4 is 9.88 Å². The van der Waals surface area contributed by atoms with Gasteiger partial charge in [0.25, 0.3) is 5.91 Å². The smallest absolute Gasteiger partial charge is 0.296 e. The second kappa shape index (κ2) is 6.11. The second-order valence-corrected chi connectivity index (χ2v) is 5.60. The summed E-state index contributed by atoms with van der Waals surface area (Å²) in [6.07, 6.45) is 3.51. The first kappa shape index (κ1) is 15.1. The van der Waals surface area contributed by atoms with E-state index in [2.05, 4.69) is 5.32 Å². The van der Waals surface area contributed by atoms with E-state index in [9.17, 15) is 15.2 Å². The summed E-state index contributed by atoms with van der Waals surface area (Å²) >= 11 is 5.92. The van der Waals surface area contributed by atoms with E-state index in [0.29, 0.717) is 5.02 Å². The Morgan fingerprint density at radius 3 is 2.43 bits per heavy atom. The molecule has 2 aromatic rings. The number of carbonyl (C=O) groups excluding carboxylic acids is 1. The molecule has 0 fully saturated rings. The molecular weight excluding hydrogens is 314 g/mol. The lowest BCUT2D eigenvalue weighted by Gasteiger charge is -2.27. The van der Waals surface area contributed by atoms with Crippen LogP contribution in [0.25, 0.3) is 0 Å². The monoisotopic (exact) mass is 326 g/mol. The summed E-state index contributed by atoms with van der Waals surface area (Å²) in [7, 11) is 0. The maximum absolute atomic E-state index is 12.5.